The summed E-state index contributed by atoms with van der Waals surface area (Å²) in [6.45, 7) is 3.12. The van der Waals surface area contributed by atoms with Crippen LogP contribution in [0.2, 0.25) is 0 Å². The van der Waals surface area contributed by atoms with E-state index in [2.05, 4.69) is 15.3 Å². The van der Waals surface area contributed by atoms with Gasteiger partial charge in [-0.2, -0.15) is 0 Å². The standard InChI is InChI=1S/C18H23N5O2/c1-13-6-7-14(11-20-13)21-18(24)23-10-8-15(12-23)25-16-5-4-9-19-17(16)22(2)3/h4-7,9,11,15H,8,10,12H2,1-3H3,(H,21,24)/t15-/m1/s1. The summed E-state index contributed by atoms with van der Waals surface area (Å²) in [5.41, 5.74) is 1.61. The van der Waals surface area contributed by atoms with Crippen molar-refractivity contribution in [3.63, 3.8) is 0 Å². The fraction of sp³-hybridized carbons (Fsp3) is 0.389. The SMILES string of the molecule is Cc1ccc(NC(=O)N2CC[C@@H](Oc3cccnc3N(C)C)C2)cn1. The molecule has 1 N–H and O–H groups in total. The van der Waals surface area contributed by atoms with Gasteiger partial charge >= 0.3 is 6.03 Å². The lowest BCUT2D eigenvalue weighted by molar-refractivity contribution is 0.195. The molecule has 0 spiro atoms. The second-order valence-electron chi connectivity index (χ2n) is 6.31. The van der Waals surface area contributed by atoms with Crippen LogP contribution in [0.3, 0.4) is 0 Å². The minimum Gasteiger partial charge on any atom is -0.485 e. The molecule has 0 bridgehead atoms. The van der Waals surface area contributed by atoms with Gasteiger partial charge in [0.15, 0.2) is 11.6 Å². The summed E-state index contributed by atoms with van der Waals surface area (Å²) in [7, 11) is 3.86. The molecular weight excluding hydrogens is 318 g/mol. The van der Waals surface area contributed by atoms with Crippen LogP contribution < -0.4 is 15.0 Å². The number of likely N-dealkylation sites (tertiary alicyclic amines) is 1. The van der Waals surface area contributed by atoms with E-state index < -0.39 is 0 Å². The third-order valence-electron chi connectivity index (χ3n) is 4.06. The lowest BCUT2D eigenvalue weighted by Crippen LogP contribution is -2.34. The zero-order chi connectivity index (χ0) is 17.8. The van der Waals surface area contributed by atoms with Gasteiger partial charge in [0.1, 0.15) is 6.10 Å². The molecule has 1 aliphatic rings. The number of carbonyl (C=O) groups excluding carboxylic acids is 1. The number of urea groups is 1. The van der Waals surface area contributed by atoms with Gasteiger partial charge in [-0.25, -0.2) is 9.78 Å². The molecule has 2 aromatic rings. The first-order chi connectivity index (χ1) is 12.0. The second kappa shape index (κ2) is 7.38. The molecular formula is C18H23N5O2. The van der Waals surface area contributed by atoms with E-state index in [1.165, 1.54) is 0 Å². The largest absolute Gasteiger partial charge is 0.485 e. The minimum atomic E-state index is -0.129. The van der Waals surface area contributed by atoms with Crippen LogP contribution >= 0.6 is 0 Å². The Labute approximate surface area is 147 Å². The molecule has 3 heterocycles. The summed E-state index contributed by atoms with van der Waals surface area (Å²) >= 11 is 0. The molecule has 1 aliphatic heterocycles. The van der Waals surface area contributed by atoms with Gasteiger partial charge < -0.3 is 19.9 Å². The van der Waals surface area contributed by atoms with E-state index >= 15 is 0 Å². The highest BCUT2D eigenvalue weighted by Crippen LogP contribution is 2.26. The summed E-state index contributed by atoms with van der Waals surface area (Å²) < 4.78 is 6.08. The van der Waals surface area contributed by atoms with Gasteiger partial charge in [0, 0.05) is 39.0 Å². The fourth-order valence-electron chi connectivity index (χ4n) is 2.74. The van der Waals surface area contributed by atoms with E-state index in [-0.39, 0.29) is 12.1 Å². The maximum absolute atomic E-state index is 12.4. The number of pyridine rings is 2. The maximum Gasteiger partial charge on any atom is 0.322 e. The number of aromatic nitrogens is 2. The molecule has 0 unspecified atom stereocenters. The molecule has 0 aromatic carbocycles. The quantitative estimate of drug-likeness (QED) is 0.925. The average molecular weight is 341 g/mol. The molecule has 0 saturated carbocycles. The Balaban J connectivity index is 1.58. The summed E-state index contributed by atoms with van der Waals surface area (Å²) in [6.07, 6.45) is 4.16. The van der Waals surface area contributed by atoms with Crippen LogP contribution in [0, 0.1) is 6.92 Å². The zero-order valence-electron chi connectivity index (χ0n) is 14.8. The van der Waals surface area contributed by atoms with Gasteiger partial charge in [-0.05, 0) is 31.2 Å². The molecule has 1 saturated heterocycles. The van der Waals surface area contributed by atoms with Gasteiger partial charge in [-0.15, -0.1) is 0 Å². The normalized spacial score (nSPS) is 16.6. The van der Waals surface area contributed by atoms with E-state index in [0.717, 1.165) is 23.7 Å². The fourth-order valence-corrected chi connectivity index (χ4v) is 2.74. The van der Waals surface area contributed by atoms with Crippen LogP contribution in [0.15, 0.2) is 36.7 Å². The Hall–Kier alpha value is -2.83. The first-order valence-corrected chi connectivity index (χ1v) is 8.30. The zero-order valence-corrected chi connectivity index (χ0v) is 14.8. The number of rotatable bonds is 4. The third kappa shape index (κ3) is 4.17. The van der Waals surface area contributed by atoms with Crippen LogP contribution in [0.5, 0.6) is 5.75 Å². The smallest absolute Gasteiger partial charge is 0.322 e. The number of anilines is 2. The summed E-state index contributed by atoms with van der Waals surface area (Å²) in [4.78, 5) is 24.6. The van der Waals surface area contributed by atoms with E-state index in [1.54, 1.807) is 17.3 Å². The van der Waals surface area contributed by atoms with Gasteiger partial charge in [0.25, 0.3) is 0 Å². The number of amides is 2. The minimum absolute atomic E-state index is 0.0372. The van der Waals surface area contributed by atoms with E-state index in [1.807, 2.05) is 50.2 Å². The van der Waals surface area contributed by atoms with E-state index in [0.29, 0.717) is 18.8 Å². The number of hydrogen-bond acceptors (Lipinski definition) is 5. The molecule has 132 valence electrons. The van der Waals surface area contributed by atoms with E-state index in [4.69, 9.17) is 4.74 Å². The lowest BCUT2D eigenvalue weighted by Gasteiger charge is -2.20. The second-order valence-corrected chi connectivity index (χ2v) is 6.31. The van der Waals surface area contributed by atoms with Crippen molar-refractivity contribution < 1.29 is 9.53 Å². The molecule has 1 atom stereocenters. The first kappa shape index (κ1) is 17.0. The van der Waals surface area contributed by atoms with Crippen molar-refractivity contribution in [2.45, 2.75) is 19.4 Å². The lowest BCUT2D eigenvalue weighted by atomic mass is 10.3. The van der Waals surface area contributed by atoms with Crippen molar-refractivity contribution in [3.8, 4) is 5.75 Å². The number of nitrogens with zero attached hydrogens (tertiary/aromatic N) is 4. The highest BCUT2D eigenvalue weighted by atomic mass is 16.5. The number of hydrogen-bond donors (Lipinski definition) is 1. The van der Waals surface area contributed by atoms with Crippen molar-refractivity contribution in [1.82, 2.24) is 14.9 Å². The van der Waals surface area contributed by atoms with Crippen molar-refractivity contribution in [2.24, 2.45) is 0 Å². The number of nitrogens with one attached hydrogen (secondary N) is 1. The summed E-state index contributed by atoms with van der Waals surface area (Å²) in [6, 6.07) is 7.35. The summed E-state index contributed by atoms with van der Waals surface area (Å²) in [5, 5.41) is 2.87. The molecule has 0 aliphatic carbocycles. The van der Waals surface area contributed by atoms with Gasteiger partial charge in [0.2, 0.25) is 0 Å². The Morgan fingerprint density at radius 2 is 2.16 bits per heavy atom. The third-order valence-corrected chi connectivity index (χ3v) is 4.06. The molecule has 2 aromatic heterocycles. The monoisotopic (exact) mass is 341 g/mol. The number of aryl methyl sites for hydroxylation is 1. The average Bonchev–Trinajstić information content (AvgIpc) is 3.06. The molecule has 3 rings (SSSR count). The van der Waals surface area contributed by atoms with Crippen LogP contribution in [0.4, 0.5) is 16.3 Å². The van der Waals surface area contributed by atoms with Crippen LogP contribution in [0.25, 0.3) is 0 Å². The highest BCUT2D eigenvalue weighted by Gasteiger charge is 2.28. The van der Waals surface area contributed by atoms with Crippen LogP contribution in [-0.2, 0) is 0 Å². The molecule has 0 radical (unpaired) electrons. The van der Waals surface area contributed by atoms with Gasteiger partial charge in [-0.3, -0.25) is 4.98 Å². The molecule has 7 nitrogen and oxygen atoms in total. The Morgan fingerprint density at radius 3 is 2.88 bits per heavy atom. The predicted octanol–water partition coefficient (Wildman–Crippen LogP) is 2.54. The van der Waals surface area contributed by atoms with E-state index in [9.17, 15) is 4.79 Å². The molecule has 2 amide bonds. The van der Waals surface area contributed by atoms with Crippen LogP contribution in [0.1, 0.15) is 12.1 Å². The Bertz CT molecular complexity index is 733. The van der Waals surface area contributed by atoms with Crippen molar-refractivity contribution in [1.29, 1.82) is 0 Å². The number of carbonyl (C=O) groups is 1. The van der Waals surface area contributed by atoms with Crippen molar-refractivity contribution >= 4 is 17.5 Å². The van der Waals surface area contributed by atoms with Crippen molar-refractivity contribution in [2.75, 3.05) is 37.4 Å². The van der Waals surface area contributed by atoms with Gasteiger partial charge in [-0.1, -0.05) is 0 Å². The van der Waals surface area contributed by atoms with Gasteiger partial charge in [0.05, 0.1) is 18.4 Å². The number of ether oxygens (including phenoxy) is 1. The Morgan fingerprint density at radius 1 is 1.32 bits per heavy atom. The molecule has 1 fully saturated rings. The van der Waals surface area contributed by atoms with Crippen LogP contribution in [-0.4, -0.2) is 54.2 Å². The summed E-state index contributed by atoms with van der Waals surface area (Å²) in [5.74, 6) is 1.53. The topological polar surface area (TPSA) is 70.6 Å². The van der Waals surface area contributed by atoms with Crippen molar-refractivity contribution in [3.05, 3.63) is 42.4 Å². The maximum atomic E-state index is 12.4. The first-order valence-electron chi connectivity index (χ1n) is 8.30. The highest BCUT2D eigenvalue weighted by molar-refractivity contribution is 5.89. The molecule has 7 heteroatoms. The predicted molar refractivity (Wildman–Crippen MR) is 97.2 cm³/mol. The Kier molecular flexibility index (Phi) is 5.02. The molecule has 25 heavy (non-hydrogen) atoms.